The van der Waals surface area contributed by atoms with Crippen LogP contribution < -0.4 is 5.32 Å². The fourth-order valence-corrected chi connectivity index (χ4v) is 3.06. The Kier molecular flexibility index (Phi) is 5.41. The first-order valence-corrected chi connectivity index (χ1v) is 7.72. The minimum atomic E-state index is 0.532. The standard InChI is InChI=1S/C17H28N2/c1-4-18-12-17(15-8-6-5-7-9-15)19-11-10-16(13-19)14(2)3/h5-9,14,16-18H,4,10-13H2,1-3H3. The van der Waals surface area contributed by atoms with E-state index in [4.69, 9.17) is 0 Å². The summed E-state index contributed by atoms with van der Waals surface area (Å²) in [4.78, 5) is 2.67. The average Bonchev–Trinajstić information content (AvgIpc) is 2.90. The van der Waals surface area contributed by atoms with Crippen LogP contribution in [-0.2, 0) is 0 Å². The Hall–Kier alpha value is -0.860. The van der Waals surface area contributed by atoms with Crippen LogP contribution in [0.25, 0.3) is 0 Å². The summed E-state index contributed by atoms with van der Waals surface area (Å²) in [6, 6.07) is 11.5. The third-order valence-electron chi connectivity index (χ3n) is 4.41. The number of rotatable bonds is 6. The molecule has 1 N–H and O–H groups in total. The molecule has 1 heterocycles. The van der Waals surface area contributed by atoms with Crippen LogP contribution in [-0.4, -0.2) is 31.1 Å². The highest BCUT2D eigenvalue weighted by molar-refractivity contribution is 5.19. The summed E-state index contributed by atoms with van der Waals surface area (Å²) in [6.07, 6.45) is 1.35. The molecule has 1 aromatic carbocycles. The van der Waals surface area contributed by atoms with E-state index in [1.54, 1.807) is 0 Å². The van der Waals surface area contributed by atoms with E-state index < -0.39 is 0 Å². The second-order valence-corrected chi connectivity index (χ2v) is 6.02. The van der Waals surface area contributed by atoms with Gasteiger partial charge in [0.05, 0.1) is 0 Å². The molecule has 1 fully saturated rings. The van der Waals surface area contributed by atoms with Gasteiger partial charge in [-0.15, -0.1) is 0 Å². The fraction of sp³-hybridized carbons (Fsp3) is 0.647. The fourth-order valence-electron chi connectivity index (χ4n) is 3.06. The van der Waals surface area contributed by atoms with Crippen LogP contribution in [0.5, 0.6) is 0 Å². The molecule has 0 spiro atoms. The van der Waals surface area contributed by atoms with Crippen LogP contribution in [0.2, 0.25) is 0 Å². The van der Waals surface area contributed by atoms with Crippen molar-refractivity contribution in [2.75, 3.05) is 26.2 Å². The Labute approximate surface area is 118 Å². The normalized spacial score (nSPS) is 22.0. The van der Waals surface area contributed by atoms with Crippen molar-refractivity contribution in [2.45, 2.75) is 33.2 Å². The van der Waals surface area contributed by atoms with Crippen molar-refractivity contribution in [3.63, 3.8) is 0 Å². The summed E-state index contributed by atoms with van der Waals surface area (Å²) < 4.78 is 0. The molecule has 2 unspecified atom stereocenters. The molecule has 106 valence electrons. The monoisotopic (exact) mass is 260 g/mol. The molecule has 0 saturated carbocycles. The summed E-state index contributed by atoms with van der Waals surface area (Å²) in [6.45, 7) is 11.5. The van der Waals surface area contributed by atoms with Gasteiger partial charge in [-0.25, -0.2) is 0 Å². The zero-order valence-corrected chi connectivity index (χ0v) is 12.6. The number of nitrogens with zero attached hydrogens (tertiary/aromatic N) is 1. The number of nitrogens with one attached hydrogen (secondary N) is 1. The molecule has 0 aromatic heterocycles. The molecular formula is C17H28N2. The van der Waals surface area contributed by atoms with Crippen LogP contribution >= 0.6 is 0 Å². The average molecular weight is 260 g/mol. The SMILES string of the molecule is CCNCC(c1ccccc1)N1CCC(C(C)C)C1. The number of benzene rings is 1. The number of likely N-dealkylation sites (N-methyl/N-ethyl adjacent to an activating group) is 1. The van der Waals surface area contributed by atoms with Crippen LogP contribution in [0.3, 0.4) is 0 Å². The van der Waals surface area contributed by atoms with E-state index in [1.165, 1.54) is 25.1 Å². The lowest BCUT2D eigenvalue weighted by molar-refractivity contribution is 0.222. The highest BCUT2D eigenvalue weighted by Crippen LogP contribution is 2.30. The largest absolute Gasteiger partial charge is 0.315 e. The molecule has 2 nitrogen and oxygen atoms in total. The Morgan fingerprint density at radius 2 is 2.00 bits per heavy atom. The second kappa shape index (κ2) is 7.06. The van der Waals surface area contributed by atoms with E-state index in [2.05, 4.69) is 61.3 Å². The predicted octanol–water partition coefficient (Wildman–Crippen LogP) is 3.32. The van der Waals surface area contributed by atoms with Crippen LogP contribution in [0.1, 0.15) is 38.8 Å². The van der Waals surface area contributed by atoms with Crippen LogP contribution in [0.4, 0.5) is 0 Å². The van der Waals surface area contributed by atoms with Gasteiger partial charge in [0.2, 0.25) is 0 Å². The molecule has 1 aliphatic heterocycles. The van der Waals surface area contributed by atoms with E-state index in [0.717, 1.165) is 24.9 Å². The predicted molar refractivity (Wildman–Crippen MR) is 82.2 cm³/mol. The molecule has 19 heavy (non-hydrogen) atoms. The van der Waals surface area contributed by atoms with Crippen molar-refractivity contribution in [2.24, 2.45) is 11.8 Å². The van der Waals surface area contributed by atoms with E-state index in [1.807, 2.05) is 0 Å². The van der Waals surface area contributed by atoms with Crippen molar-refractivity contribution in [1.29, 1.82) is 0 Å². The Balaban J connectivity index is 2.06. The van der Waals surface area contributed by atoms with Crippen molar-refractivity contribution in [3.8, 4) is 0 Å². The van der Waals surface area contributed by atoms with Crippen molar-refractivity contribution in [3.05, 3.63) is 35.9 Å². The summed E-state index contributed by atoms with van der Waals surface area (Å²) >= 11 is 0. The molecule has 2 rings (SSSR count). The minimum absolute atomic E-state index is 0.532. The summed E-state index contributed by atoms with van der Waals surface area (Å²) in [5, 5.41) is 3.53. The van der Waals surface area contributed by atoms with Gasteiger partial charge in [0.25, 0.3) is 0 Å². The zero-order valence-electron chi connectivity index (χ0n) is 12.6. The Morgan fingerprint density at radius 3 is 2.58 bits per heavy atom. The highest BCUT2D eigenvalue weighted by atomic mass is 15.2. The van der Waals surface area contributed by atoms with Gasteiger partial charge in [0, 0.05) is 19.1 Å². The van der Waals surface area contributed by atoms with E-state index >= 15 is 0 Å². The van der Waals surface area contributed by atoms with E-state index in [0.29, 0.717) is 6.04 Å². The Bertz CT molecular complexity index is 361. The Morgan fingerprint density at radius 1 is 1.26 bits per heavy atom. The summed E-state index contributed by atoms with van der Waals surface area (Å²) in [5.74, 6) is 1.67. The molecule has 0 bridgehead atoms. The second-order valence-electron chi connectivity index (χ2n) is 6.02. The minimum Gasteiger partial charge on any atom is -0.315 e. The smallest absolute Gasteiger partial charge is 0.0472 e. The summed E-state index contributed by atoms with van der Waals surface area (Å²) in [5.41, 5.74) is 1.45. The van der Waals surface area contributed by atoms with Crippen LogP contribution in [0.15, 0.2) is 30.3 Å². The lowest BCUT2D eigenvalue weighted by atomic mass is 9.95. The van der Waals surface area contributed by atoms with Crippen LogP contribution in [0, 0.1) is 11.8 Å². The zero-order chi connectivity index (χ0) is 13.7. The molecule has 2 heteroatoms. The molecule has 0 radical (unpaired) electrons. The molecule has 0 aliphatic carbocycles. The molecule has 0 amide bonds. The van der Waals surface area contributed by atoms with Gasteiger partial charge in [-0.2, -0.15) is 0 Å². The van der Waals surface area contributed by atoms with E-state index in [-0.39, 0.29) is 0 Å². The maximum absolute atomic E-state index is 3.53. The molecule has 1 aliphatic rings. The van der Waals surface area contributed by atoms with E-state index in [9.17, 15) is 0 Å². The van der Waals surface area contributed by atoms with Gasteiger partial charge in [-0.3, -0.25) is 4.90 Å². The quantitative estimate of drug-likeness (QED) is 0.844. The number of likely N-dealkylation sites (tertiary alicyclic amines) is 1. The van der Waals surface area contributed by atoms with Gasteiger partial charge in [0.1, 0.15) is 0 Å². The van der Waals surface area contributed by atoms with Crippen molar-refractivity contribution < 1.29 is 0 Å². The highest BCUT2D eigenvalue weighted by Gasteiger charge is 2.30. The third kappa shape index (κ3) is 3.80. The first kappa shape index (κ1) is 14.5. The van der Waals surface area contributed by atoms with Gasteiger partial charge >= 0.3 is 0 Å². The maximum atomic E-state index is 3.53. The molecule has 2 atom stereocenters. The topological polar surface area (TPSA) is 15.3 Å². The maximum Gasteiger partial charge on any atom is 0.0472 e. The number of hydrogen-bond acceptors (Lipinski definition) is 2. The third-order valence-corrected chi connectivity index (χ3v) is 4.41. The lowest BCUT2D eigenvalue weighted by Crippen LogP contribution is -2.35. The first-order valence-electron chi connectivity index (χ1n) is 7.72. The summed E-state index contributed by atoms with van der Waals surface area (Å²) in [7, 11) is 0. The van der Waals surface area contributed by atoms with Crippen molar-refractivity contribution >= 4 is 0 Å². The van der Waals surface area contributed by atoms with Gasteiger partial charge < -0.3 is 5.32 Å². The number of hydrogen-bond donors (Lipinski definition) is 1. The molecule has 1 aromatic rings. The molecular weight excluding hydrogens is 232 g/mol. The van der Waals surface area contributed by atoms with Gasteiger partial charge in [-0.1, -0.05) is 51.1 Å². The molecule has 1 saturated heterocycles. The van der Waals surface area contributed by atoms with Gasteiger partial charge in [0.15, 0.2) is 0 Å². The first-order chi connectivity index (χ1) is 9.22. The van der Waals surface area contributed by atoms with Gasteiger partial charge in [-0.05, 0) is 36.9 Å². The van der Waals surface area contributed by atoms with Crippen molar-refractivity contribution in [1.82, 2.24) is 10.2 Å². The lowest BCUT2D eigenvalue weighted by Gasteiger charge is -2.29.